The summed E-state index contributed by atoms with van der Waals surface area (Å²) in [6.07, 6.45) is 72.5. The zero-order valence-corrected chi connectivity index (χ0v) is 45.1. The molecule has 70 heavy (non-hydrogen) atoms. The van der Waals surface area contributed by atoms with Crippen molar-refractivity contribution in [1.29, 1.82) is 0 Å². The molecule has 0 saturated carbocycles. The predicted octanol–water partition coefficient (Wildman–Crippen LogP) is 15.2. The van der Waals surface area contributed by atoms with Gasteiger partial charge >= 0.3 is 11.9 Å². The van der Waals surface area contributed by atoms with Crippen molar-refractivity contribution in [1.82, 2.24) is 0 Å². The van der Waals surface area contributed by atoms with Crippen LogP contribution in [-0.2, 0) is 28.6 Å². The van der Waals surface area contributed by atoms with Gasteiger partial charge in [0.25, 0.3) is 0 Å². The van der Waals surface area contributed by atoms with E-state index in [0.717, 1.165) is 89.9 Å². The average Bonchev–Trinajstić information content (AvgIpc) is 3.33. The van der Waals surface area contributed by atoms with E-state index in [1.165, 1.54) is 70.6 Å². The van der Waals surface area contributed by atoms with Crippen molar-refractivity contribution in [2.75, 3.05) is 41.0 Å². The van der Waals surface area contributed by atoms with Gasteiger partial charge in [0, 0.05) is 19.3 Å². The molecule has 0 aliphatic heterocycles. The first kappa shape index (κ1) is 65.7. The second-order valence-electron chi connectivity index (χ2n) is 19.1. The Morgan fingerprint density at radius 2 is 0.771 bits per heavy atom. The molecule has 0 saturated heterocycles. The summed E-state index contributed by atoms with van der Waals surface area (Å²) in [5, 5.41) is 11.7. The minimum atomic E-state index is -1.14. The molecule has 2 unspecified atom stereocenters. The van der Waals surface area contributed by atoms with Crippen molar-refractivity contribution in [3.63, 3.8) is 0 Å². The van der Waals surface area contributed by atoms with Crippen molar-refractivity contribution in [2.45, 2.75) is 212 Å². The smallest absolute Gasteiger partial charge is 0.306 e. The van der Waals surface area contributed by atoms with E-state index in [-0.39, 0.29) is 49.1 Å². The minimum absolute atomic E-state index is 0.00995. The van der Waals surface area contributed by atoms with E-state index in [4.69, 9.17) is 14.2 Å². The van der Waals surface area contributed by atoms with Crippen LogP contribution in [0.4, 0.5) is 0 Å². The zero-order chi connectivity index (χ0) is 51.3. The molecule has 0 aromatic heterocycles. The van der Waals surface area contributed by atoms with E-state index in [9.17, 15) is 19.5 Å². The first-order chi connectivity index (χ1) is 34.1. The van der Waals surface area contributed by atoms with Gasteiger partial charge in [-0.3, -0.25) is 9.59 Å². The van der Waals surface area contributed by atoms with E-state index in [1.54, 1.807) is 21.1 Å². The standard InChI is InChI=1S/C62H101NO7/c1-6-8-10-12-14-16-18-20-22-24-26-28-30-32-34-36-38-40-42-44-46-48-50-52-60(64)69-57-58(56-68-55-54-59(62(66)67)63(3,4)5)70-61(65)53-51-49-47-45-43-41-39-37-35-33-31-29-27-25-23-21-19-17-15-13-11-9-7-2/h8-11,14-17,20-23,27,29,33,35,39,41,45,47,58-59H,6-7,12-13,18-19,24-26,28,30-32,34,36-38,40,42-44,46,48-57H2,1-5H3/b10-8+,11-9+,16-14+,17-15+,22-20+,23-21+,29-27+,35-33+,41-39+,47-45+. The third kappa shape index (κ3) is 48.7. The molecule has 0 fully saturated rings. The lowest BCUT2D eigenvalue weighted by Crippen LogP contribution is -2.55. The lowest BCUT2D eigenvalue weighted by Gasteiger charge is -2.34. The van der Waals surface area contributed by atoms with E-state index in [2.05, 4.69) is 135 Å². The van der Waals surface area contributed by atoms with Gasteiger partial charge in [0.1, 0.15) is 12.6 Å². The van der Waals surface area contributed by atoms with Gasteiger partial charge in [-0.25, -0.2) is 0 Å². The molecule has 0 amide bonds. The highest BCUT2D eigenvalue weighted by Gasteiger charge is 2.25. The molecule has 0 heterocycles. The van der Waals surface area contributed by atoms with Gasteiger partial charge in [0.2, 0.25) is 0 Å². The number of carboxylic acids is 1. The van der Waals surface area contributed by atoms with Crippen LogP contribution in [0.1, 0.15) is 200 Å². The second kappa shape index (κ2) is 51.1. The highest BCUT2D eigenvalue weighted by atomic mass is 16.6. The van der Waals surface area contributed by atoms with Crippen LogP contribution in [0.25, 0.3) is 0 Å². The van der Waals surface area contributed by atoms with Gasteiger partial charge < -0.3 is 28.6 Å². The molecular weight excluding hydrogens is 871 g/mol. The van der Waals surface area contributed by atoms with Crippen molar-refractivity contribution in [3.05, 3.63) is 122 Å². The van der Waals surface area contributed by atoms with Gasteiger partial charge in [-0.05, 0) is 96.3 Å². The number of likely N-dealkylation sites (N-methyl/N-ethyl adjacent to an activating group) is 1. The largest absolute Gasteiger partial charge is 0.544 e. The molecule has 8 heteroatoms. The monoisotopic (exact) mass is 972 g/mol. The quantitative estimate of drug-likeness (QED) is 0.0259. The number of carboxylic acid groups (broad SMARTS) is 1. The number of nitrogens with zero attached hydrogens (tertiary/aromatic N) is 1. The average molecular weight is 972 g/mol. The van der Waals surface area contributed by atoms with Crippen molar-refractivity contribution in [3.8, 4) is 0 Å². The Morgan fingerprint density at radius 1 is 0.429 bits per heavy atom. The molecule has 0 aliphatic carbocycles. The van der Waals surface area contributed by atoms with E-state index in [1.807, 2.05) is 0 Å². The fourth-order valence-corrected chi connectivity index (χ4v) is 7.43. The summed E-state index contributed by atoms with van der Waals surface area (Å²) >= 11 is 0. The number of allylic oxidation sites excluding steroid dienone is 20. The van der Waals surface area contributed by atoms with Crippen LogP contribution in [0.5, 0.6) is 0 Å². The second-order valence-corrected chi connectivity index (χ2v) is 19.1. The summed E-state index contributed by atoms with van der Waals surface area (Å²) < 4.78 is 17.2. The Kier molecular flexibility index (Phi) is 48.0. The molecule has 0 aromatic rings. The maximum absolute atomic E-state index is 12.8. The van der Waals surface area contributed by atoms with Crippen LogP contribution >= 0.6 is 0 Å². The molecular formula is C62H101NO7. The molecule has 0 aliphatic rings. The third-order valence-corrected chi connectivity index (χ3v) is 11.6. The summed E-state index contributed by atoms with van der Waals surface area (Å²) in [4.78, 5) is 37.1. The van der Waals surface area contributed by atoms with Gasteiger partial charge in [-0.2, -0.15) is 0 Å². The number of carbonyl (C=O) groups is 3. The highest BCUT2D eigenvalue weighted by Crippen LogP contribution is 2.15. The number of hydrogen-bond acceptors (Lipinski definition) is 7. The summed E-state index contributed by atoms with van der Waals surface area (Å²) in [5.41, 5.74) is 0. The summed E-state index contributed by atoms with van der Waals surface area (Å²) in [6, 6.07) is -0.745. The lowest BCUT2D eigenvalue weighted by atomic mass is 10.0. The predicted molar refractivity (Wildman–Crippen MR) is 295 cm³/mol. The van der Waals surface area contributed by atoms with Gasteiger partial charge in [-0.15, -0.1) is 0 Å². The molecule has 396 valence electrons. The Bertz CT molecular complexity index is 1550. The molecule has 8 nitrogen and oxygen atoms in total. The van der Waals surface area contributed by atoms with E-state index in [0.29, 0.717) is 12.8 Å². The highest BCUT2D eigenvalue weighted by molar-refractivity contribution is 5.70. The first-order valence-corrected chi connectivity index (χ1v) is 27.6. The van der Waals surface area contributed by atoms with Crippen LogP contribution in [0, 0.1) is 0 Å². The Hall–Kier alpha value is -4.27. The fraction of sp³-hybridized carbons (Fsp3) is 0.629. The van der Waals surface area contributed by atoms with Gasteiger partial charge in [-0.1, -0.05) is 206 Å². The Labute approximate surface area is 429 Å². The molecule has 0 rings (SSSR count). The van der Waals surface area contributed by atoms with Crippen LogP contribution in [0.15, 0.2) is 122 Å². The normalized spacial score (nSPS) is 13.8. The van der Waals surface area contributed by atoms with Crippen molar-refractivity contribution >= 4 is 17.9 Å². The number of hydrogen-bond donors (Lipinski definition) is 0. The van der Waals surface area contributed by atoms with Crippen LogP contribution in [0.2, 0.25) is 0 Å². The summed E-state index contributed by atoms with van der Waals surface area (Å²) in [7, 11) is 5.39. The summed E-state index contributed by atoms with van der Waals surface area (Å²) in [6.45, 7) is 4.38. The zero-order valence-electron chi connectivity index (χ0n) is 45.1. The summed E-state index contributed by atoms with van der Waals surface area (Å²) in [5.74, 6) is -1.82. The fourth-order valence-electron chi connectivity index (χ4n) is 7.43. The molecule has 0 radical (unpaired) electrons. The Morgan fingerprint density at radius 3 is 1.16 bits per heavy atom. The molecule has 0 N–H and O–H groups in total. The number of unbranched alkanes of at least 4 members (excludes halogenated alkanes) is 14. The molecule has 0 aromatic carbocycles. The number of rotatable bonds is 48. The van der Waals surface area contributed by atoms with Crippen LogP contribution < -0.4 is 5.11 Å². The molecule has 0 bridgehead atoms. The number of aliphatic carboxylic acids is 1. The SMILES string of the molecule is CC/C=C/C/C=C/C/C=C/C/C=C/C/C=C/C/C=C/C/C=C/CCCC(=O)OC(COCCC(C(=O)[O-])[N+](C)(C)C)COC(=O)CCCCCCCCCCCCCCC/C=C/C/C=C/C/C=C/CC. The topological polar surface area (TPSA) is 102 Å². The van der Waals surface area contributed by atoms with Crippen molar-refractivity contribution < 1.29 is 38.2 Å². The van der Waals surface area contributed by atoms with E-state index < -0.39 is 18.1 Å². The lowest BCUT2D eigenvalue weighted by molar-refractivity contribution is -0.889. The van der Waals surface area contributed by atoms with Gasteiger partial charge in [0.15, 0.2) is 6.10 Å². The van der Waals surface area contributed by atoms with Gasteiger partial charge in [0.05, 0.1) is 40.3 Å². The van der Waals surface area contributed by atoms with Crippen LogP contribution in [-0.4, -0.2) is 75.5 Å². The maximum atomic E-state index is 12.8. The van der Waals surface area contributed by atoms with E-state index >= 15 is 0 Å². The molecule has 0 spiro atoms. The number of ether oxygens (including phenoxy) is 3. The van der Waals surface area contributed by atoms with Crippen LogP contribution in [0.3, 0.4) is 0 Å². The number of carbonyl (C=O) groups excluding carboxylic acids is 3. The number of esters is 2. The molecule has 2 atom stereocenters. The minimum Gasteiger partial charge on any atom is -0.544 e. The first-order valence-electron chi connectivity index (χ1n) is 27.6. The maximum Gasteiger partial charge on any atom is 0.306 e. The third-order valence-electron chi connectivity index (χ3n) is 11.6. The van der Waals surface area contributed by atoms with Crippen molar-refractivity contribution in [2.24, 2.45) is 0 Å². The number of quaternary nitrogens is 1. The Balaban J connectivity index is 4.32.